The van der Waals surface area contributed by atoms with E-state index in [1.54, 1.807) is 11.3 Å². The fraction of sp³-hybridized carbons (Fsp3) is 0.667. The zero-order valence-electron chi connectivity index (χ0n) is 10.3. The molecule has 0 unspecified atom stereocenters. The van der Waals surface area contributed by atoms with E-state index in [0.29, 0.717) is 6.04 Å². The van der Waals surface area contributed by atoms with Crippen LogP contribution in [0.2, 0.25) is 0 Å². The molecule has 1 heterocycles. The highest BCUT2D eigenvalue weighted by atomic mass is 79.9. The lowest BCUT2D eigenvalue weighted by atomic mass is 10.3. The maximum atomic E-state index is 3.48. The van der Waals surface area contributed by atoms with E-state index in [9.17, 15) is 0 Å². The number of nitrogens with zero attached hydrogens (tertiary/aromatic N) is 1. The fourth-order valence-electron chi connectivity index (χ4n) is 1.66. The summed E-state index contributed by atoms with van der Waals surface area (Å²) in [6.07, 6.45) is 0. The molecule has 1 rings (SSSR count). The van der Waals surface area contributed by atoms with Crippen LogP contribution >= 0.6 is 27.3 Å². The molecule has 0 aromatic carbocycles. The molecule has 0 saturated heterocycles. The summed E-state index contributed by atoms with van der Waals surface area (Å²) in [7, 11) is 0. The van der Waals surface area contributed by atoms with Gasteiger partial charge in [0.25, 0.3) is 0 Å². The van der Waals surface area contributed by atoms with E-state index in [-0.39, 0.29) is 0 Å². The van der Waals surface area contributed by atoms with Gasteiger partial charge in [-0.2, -0.15) is 0 Å². The molecular weight excluding hydrogens is 284 g/mol. The molecule has 0 aliphatic rings. The molecular formula is C12H21BrN2S. The fourth-order valence-corrected chi connectivity index (χ4v) is 3.12. The van der Waals surface area contributed by atoms with Crippen LogP contribution in [0.4, 0.5) is 0 Å². The molecule has 0 spiro atoms. The van der Waals surface area contributed by atoms with E-state index < -0.39 is 0 Å². The Hall–Kier alpha value is 0.1000. The second-order valence-electron chi connectivity index (χ2n) is 4.10. The van der Waals surface area contributed by atoms with E-state index in [1.165, 1.54) is 8.66 Å². The van der Waals surface area contributed by atoms with E-state index in [4.69, 9.17) is 0 Å². The Balaban J connectivity index is 2.16. The Morgan fingerprint density at radius 1 is 1.44 bits per heavy atom. The minimum atomic E-state index is 0.641. The van der Waals surface area contributed by atoms with Crippen LogP contribution in [0.15, 0.2) is 15.9 Å². The largest absolute Gasteiger partial charge is 0.311 e. The van der Waals surface area contributed by atoms with Gasteiger partial charge in [-0.3, -0.25) is 4.90 Å². The summed E-state index contributed by atoms with van der Waals surface area (Å²) in [6.45, 7) is 11.0. The van der Waals surface area contributed by atoms with Crippen molar-refractivity contribution in [1.29, 1.82) is 0 Å². The highest BCUT2D eigenvalue weighted by Gasteiger charge is 2.05. The van der Waals surface area contributed by atoms with Crippen molar-refractivity contribution in [3.8, 4) is 0 Å². The number of nitrogens with one attached hydrogen (secondary N) is 1. The average Bonchev–Trinajstić information content (AvgIpc) is 2.64. The molecule has 16 heavy (non-hydrogen) atoms. The molecule has 1 aromatic heterocycles. The van der Waals surface area contributed by atoms with Crippen molar-refractivity contribution in [3.05, 3.63) is 20.8 Å². The van der Waals surface area contributed by atoms with Gasteiger partial charge in [-0.25, -0.2) is 0 Å². The van der Waals surface area contributed by atoms with E-state index >= 15 is 0 Å². The van der Waals surface area contributed by atoms with Crippen molar-refractivity contribution in [1.82, 2.24) is 10.2 Å². The molecule has 0 amide bonds. The topological polar surface area (TPSA) is 15.3 Å². The zero-order chi connectivity index (χ0) is 12.0. The van der Waals surface area contributed by atoms with Crippen LogP contribution in [0.5, 0.6) is 0 Å². The maximum absolute atomic E-state index is 3.48. The standard InChI is InChI=1S/C12H21BrN2S/c1-4-15(10(2)3)8-7-14-9-11-5-6-12(13)16-11/h5-6,10,14H,4,7-9H2,1-3H3. The quantitative estimate of drug-likeness (QED) is 0.777. The van der Waals surface area contributed by atoms with Crippen molar-refractivity contribution in [2.24, 2.45) is 0 Å². The summed E-state index contributed by atoms with van der Waals surface area (Å²) in [5, 5.41) is 3.48. The van der Waals surface area contributed by atoms with Gasteiger partial charge in [-0.15, -0.1) is 11.3 Å². The Kier molecular flexibility index (Phi) is 6.58. The van der Waals surface area contributed by atoms with Gasteiger partial charge in [0.2, 0.25) is 0 Å². The number of halogens is 1. The monoisotopic (exact) mass is 304 g/mol. The molecule has 0 atom stereocenters. The van der Waals surface area contributed by atoms with Gasteiger partial charge in [0.05, 0.1) is 3.79 Å². The van der Waals surface area contributed by atoms with Crippen molar-refractivity contribution < 1.29 is 0 Å². The van der Waals surface area contributed by atoms with Crippen LogP contribution in [0, 0.1) is 0 Å². The summed E-state index contributed by atoms with van der Waals surface area (Å²) >= 11 is 5.28. The first kappa shape index (κ1) is 14.2. The highest BCUT2D eigenvalue weighted by Crippen LogP contribution is 2.21. The molecule has 1 N–H and O–H groups in total. The van der Waals surface area contributed by atoms with Crippen molar-refractivity contribution in [2.75, 3.05) is 19.6 Å². The van der Waals surface area contributed by atoms with Gasteiger partial charge in [-0.1, -0.05) is 6.92 Å². The Bertz CT molecular complexity index is 299. The van der Waals surface area contributed by atoms with E-state index in [1.807, 2.05) is 0 Å². The van der Waals surface area contributed by atoms with Crippen molar-refractivity contribution in [3.63, 3.8) is 0 Å². The second kappa shape index (κ2) is 7.43. The smallest absolute Gasteiger partial charge is 0.0701 e. The first-order chi connectivity index (χ1) is 7.63. The molecule has 4 heteroatoms. The minimum Gasteiger partial charge on any atom is -0.311 e. The van der Waals surface area contributed by atoms with Gasteiger partial charge in [-0.05, 0) is 48.5 Å². The molecule has 0 saturated carbocycles. The number of hydrogen-bond acceptors (Lipinski definition) is 3. The summed E-state index contributed by atoms with van der Waals surface area (Å²) in [4.78, 5) is 3.86. The Labute approximate surface area is 111 Å². The third-order valence-corrected chi connectivity index (χ3v) is 4.26. The molecule has 0 radical (unpaired) electrons. The van der Waals surface area contributed by atoms with Gasteiger partial charge in [0.15, 0.2) is 0 Å². The van der Waals surface area contributed by atoms with Crippen molar-refractivity contribution in [2.45, 2.75) is 33.4 Å². The second-order valence-corrected chi connectivity index (χ2v) is 6.65. The lowest BCUT2D eigenvalue weighted by Gasteiger charge is -2.24. The molecule has 92 valence electrons. The number of thiophene rings is 1. The molecule has 0 fully saturated rings. The lowest BCUT2D eigenvalue weighted by molar-refractivity contribution is 0.234. The predicted octanol–water partition coefficient (Wildman–Crippen LogP) is 3.33. The van der Waals surface area contributed by atoms with Crippen LogP contribution in [0.1, 0.15) is 25.6 Å². The van der Waals surface area contributed by atoms with E-state index in [0.717, 1.165) is 26.2 Å². The third-order valence-electron chi connectivity index (χ3n) is 2.64. The van der Waals surface area contributed by atoms with E-state index in [2.05, 4.69) is 59.1 Å². The van der Waals surface area contributed by atoms with Crippen LogP contribution in [0.25, 0.3) is 0 Å². The predicted molar refractivity (Wildman–Crippen MR) is 76.1 cm³/mol. The highest BCUT2D eigenvalue weighted by molar-refractivity contribution is 9.11. The molecule has 1 aromatic rings. The van der Waals surface area contributed by atoms with Crippen molar-refractivity contribution >= 4 is 27.3 Å². The summed E-state index contributed by atoms with van der Waals surface area (Å²) in [5.41, 5.74) is 0. The molecule has 0 aliphatic carbocycles. The average molecular weight is 305 g/mol. The van der Waals surface area contributed by atoms with Gasteiger partial charge in [0, 0.05) is 30.6 Å². The van der Waals surface area contributed by atoms with Gasteiger partial charge in [0.1, 0.15) is 0 Å². The summed E-state index contributed by atoms with van der Waals surface area (Å²) < 4.78 is 1.21. The first-order valence-electron chi connectivity index (χ1n) is 5.82. The summed E-state index contributed by atoms with van der Waals surface area (Å²) in [5.74, 6) is 0. The van der Waals surface area contributed by atoms with Crippen LogP contribution in [-0.2, 0) is 6.54 Å². The summed E-state index contributed by atoms with van der Waals surface area (Å²) in [6, 6.07) is 4.92. The lowest BCUT2D eigenvalue weighted by Crippen LogP contribution is -2.36. The van der Waals surface area contributed by atoms with Crippen LogP contribution < -0.4 is 5.32 Å². The van der Waals surface area contributed by atoms with Gasteiger partial charge >= 0.3 is 0 Å². The number of rotatable bonds is 7. The molecule has 0 bridgehead atoms. The zero-order valence-corrected chi connectivity index (χ0v) is 12.7. The minimum absolute atomic E-state index is 0.641. The first-order valence-corrected chi connectivity index (χ1v) is 7.43. The number of likely N-dealkylation sites (N-methyl/N-ethyl adjacent to an activating group) is 1. The van der Waals surface area contributed by atoms with Crippen LogP contribution in [-0.4, -0.2) is 30.6 Å². The Morgan fingerprint density at radius 3 is 2.69 bits per heavy atom. The van der Waals surface area contributed by atoms with Gasteiger partial charge < -0.3 is 5.32 Å². The van der Waals surface area contributed by atoms with Crippen LogP contribution in [0.3, 0.4) is 0 Å². The molecule has 0 aliphatic heterocycles. The SMILES string of the molecule is CCN(CCNCc1ccc(Br)s1)C(C)C. The Morgan fingerprint density at radius 2 is 2.19 bits per heavy atom. The maximum Gasteiger partial charge on any atom is 0.0701 e. The number of hydrogen-bond donors (Lipinski definition) is 1. The molecule has 2 nitrogen and oxygen atoms in total. The normalized spacial score (nSPS) is 11.6. The third kappa shape index (κ3) is 4.95.